The number of aromatic nitrogens is 2. The van der Waals surface area contributed by atoms with Crippen molar-refractivity contribution >= 4 is 39.3 Å². The summed E-state index contributed by atoms with van der Waals surface area (Å²) in [5.74, 6) is 0. The molecule has 3 nitrogen and oxygen atoms in total. The molecule has 0 bridgehead atoms. The largest absolute Gasteiger partial charge is 0.333 e. The molecule has 0 N–H and O–H groups in total. The number of hydrogen-bond donors (Lipinski definition) is 0. The molecule has 112 valence electrons. The highest BCUT2D eigenvalue weighted by atomic mass is 79.9. The molecule has 2 aromatic rings. The molecule has 0 saturated carbocycles. The Kier molecular flexibility index (Phi) is 4.94. The van der Waals surface area contributed by atoms with E-state index in [0.717, 1.165) is 32.5 Å². The van der Waals surface area contributed by atoms with Crippen LogP contribution in [0.1, 0.15) is 18.9 Å². The summed E-state index contributed by atoms with van der Waals surface area (Å²) in [5.41, 5.74) is 0. The molecule has 0 aliphatic carbocycles. The monoisotopic (exact) mass is 385 g/mol. The second-order valence-electron chi connectivity index (χ2n) is 5.35. The third kappa shape index (κ3) is 3.65. The van der Waals surface area contributed by atoms with Crippen LogP contribution in [-0.4, -0.2) is 34.6 Å². The molecule has 1 aliphatic rings. The van der Waals surface area contributed by atoms with Gasteiger partial charge in [-0.2, -0.15) is 0 Å². The lowest BCUT2D eigenvalue weighted by Crippen LogP contribution is -2.31. The van der Waals surface area contributed by atoms with Crippen LogP contribution in [0.15, 0.2) is 45.1 Å². The van der Waals surface area contributed by atoms with Crippen LogP contribution in [-0.2, 0) is 0 Å². The van der Waals surface area contributed by atoms with E-state index in [1.165, 1.54) is 12.8 Å². The van der Waals surface area contributed by atoms with Crippen molar-refractivity contribution in [2.45, 2.75) is 28.8 Å². The topological polar surface area (TPSA) is 21.1 Å². The molecule has 0 amide bonds. The molecule has 1 aromatic heterocycles. The Hall–Kier alpha value is -0.490. The molecule has 0 atom stereocenters. The van der Waals surface area contributed by atoms with Gasteiger partial charge >= 0.3 is 0 Å². The molecule has 0 radical (unpaired) electrons. The predicted octanol–water partition coefficient (Wildman–Crippen LogP) is 4.72. The highest BCUT2D eigenvalue weighted by Gasteiger charge is 2.18. The second-order valence-corrected chi connectivity index (χ2v) is 7.64. The SMILES string of the molecule is CN1CCC(n2cnc(Sc3cccc(Br)c3Cl)c2)CC1. The molecule has 1 aromatic carbocycles. The summed E-state index contributed by atoms with van der Waals surface area (Å²) in [5, 5.41) is 1.74. The number of nitrogens with zero attached hydrogens (tertiary/aromatic N) is 3. The summed E-state index contributed by atoms with van der Waals surface area (Å²) in [6, 6.07) is 6.53. The van der Waals surface area contributed by atoms with Gasteiger partial charge in [-0.25, -0.2) is 4.98 Å². The van der Waals surface area contributed by atoms with E-state index in [1.54, 1.807) is 11.8 Å². The standard InChI is InChI=1S/C15H17BrClN3S/c1-19-7-5-11(6-8-19)20-9-14(18-10-20)21-13-4-2-3-12(16)15(13)17/h2-4,9-11H,5-8H2,1H3. The van der Waals surface area contributed by atoms with Gasteiger partial charge in [0.15, 0.2) is 0 Å². The molecule has 0 spiro atoms. The third-order valence-corrected chi connectivity index (χ3v) is 6.21. The molecular weight excluding hydrogens is 370 g/mol. The van der Waals surface area contributed by atoms with E-state index in [4.69, 9.17) is 11.6 Å². The van der Waals surface area contributed by atoms with Crippen LogP contribution in [0.4, 0.5) is 0 Å². The minimum Gasteiger partial charge on any atom is -0.333 e. The summed E-state index contributed by atoms with van der Waals surface area (Å²) < 4.78 is 3.17. The summed E-state index contributed by atoms with van der Waals surface area (Å²) in [6.45, 7) is 2.31. The smallest absolute Gasteiger partial charge is 0.119 e. The second kappa shape index (κ2) is 6.73. The Labute approximate surface area is 142 Å². The maximum atomic E-state index is 6.31. The van der Waals surface area contributed by atoms with Crippen LogP contribution in [0.3, 0.4) is 0 Å². The Morgan fingerprint density at radius 3 is 2.86 bits per heavy atom. The van der Waals surface area contributed by atoms with E-state index < -0.39 is 0 Å². The number of likely N-dealkylation sites (tertiary alicyclic amines) is 1. The maximum Gasteiger partial charge on any atom is 0.119 e. The molecule has 1 aliphatic heterocycles. The summed E-state index contributed by atoms with van der Waals surface area (Å²) >= 11 is 11.4. The highest BCUT2D eigenvalue weighted by molar-refractivity contribution is 9.10. The van der Waals surface area contributed by atoms with Gasteiger partial charge in [-0.3, -0.25) is 0 Å². The average Bonchev–Trinajstić information content (AvgIpc) is 2.93. The van der Waals surface area contributed by atoms with Gasteiger partial charge in [0.25, 0.3) is 0 Å². The Morgan fingerprint density at radius 1 is 1.33 bits per heavy atom. The lowest BCUT2D eigenvalue weighted by atomic mass is 10.1. The minimum atomic E-state index is 0.570. The van der Waals surface area contributed by atoms with Crippen molar-refractivity contribution in [3.05, 3.63) is 40.2 Å². The number of benzene rings is 1. The first-order valence-corrected chi connectivity index (χ1v) is 8.96. The zero-order valence-electron chi connectivity index (χ0n) is 11.8. The van der Waals surface area contributed by atoms with Crippen molar-refractivity contribution in [3.8, 4) is 0 Å². The molecule has 2 heterocycles. The van der Waals surface area contributed by atoms with E-state index in [0.29, 0.717) is 6.04 Å². The molecule has 0 unspecified atom stereocenters. The van der Waals surface area contributed by atoms with E-state index >= 15 is 0 Å². The van der Waals surface area contributed by atoms with Crippen molar-refractivity contribution < 1.29 is 0 Å². The minimum absolute atomic E-state index is 0.570. The molecule has 21 heavy (non-hydrogen) atoms. The lowest BCUT2D eigenvalue weighted by molar-refractivity contribution is 0.221. The molecular formula is C15H17BrClN3S. The third-order valence-electron chi connectivity index (χ3n) is 3.82. The molecule has 1 fully saturated rings. The summed E-state index contributed by atoms with van der Waals surface area (Å²) in [6.07, 6.45) is 6.46. The van der Waals surface area contributed by atoms with E-state index in [1.807, 2.05) is 24.5 Å². The van der Waals surface area contributed by atoms with Crippen LogP contribution in [0.5, 0.6) is 0 Å². The van der Waals surface area contributed by atoms with Gasteiger partial charge < -0.3 is 9.47 Å². The maximum absolute atomic E-state index is 6.31. The average molecular weight is 387 g/mol. The lowest BCUT2D eigenvalue weighted by Gasteiger charge is -2.29. The number of piperidine rings is 1. The Morgan fingerprint density at radius 2 is 2.10 bits per heavy atom. The van der Waals surface area contributed by atoms with Crippen LogP contribution in [0.25, 0.3) is 0 Å². The first kappa shape index (κ1) is 15.4. The molecule has 3 rings (SSSR count). The zero-order chi connectivity index (χ0) is 14.8. The van der Waals surface area contributed by atoms with E-state index in [2.05, 4.69) is 43.6 Å². The molecule has 6 heteroatoms. The van der Waals surface area contributed by atoms with Crippen molar-refractivity contribution in [3.63, 3.8) is 0 Å². The number of imidazole rings is 1. The van der Waals surface area contributed by atoms with E-state index in [-0.39, 0.29) is 0 Å². The van der Waals surface area contributed by atoms with Gasteiger partial charge in [0.1, 0.15) is 5.03 Å². The summed E-state index contributed by atoms with van der Waals surface area (Å²) in [4.78, 5) is 7.92. The first-order valence-electron chi connectivity index (χ1n) is 6.97. The number of hydrogen-bond acceptors (Lipinski definition) is 3. The fourth-order valence-electron chi connectivity index (χ4n) is 2.54. The number of rotatable bonds is 3. The quantitative estimate of drug-likeness (QED) is 0.762. The Balaban J connectivity index is 1.72. The predicted molar refractivity (Wildman–Crippen MR) is 91.3 cm³/mol. The van der Waals surface area contributed by atoms with Crippen LogP contribution >= 0.6 is 39.3 Å². The Bertz CT molecular complexity index is 623. The van der Waals surface area contributed by atoms with Gasteiger partial charge in [-0.15, -0.1) is 0 Å². The summed E-state index contributed by atoms with van der Waals surface area (Å²) in [7, 11) is 2.18. The van der Waals surface area contributed by atoms with Crippen LogP contribution in [0.2, 0.25) is 5.02 Å². The number of halogens is 2. The van der Waals surface area contributed by atoms with E-state index in [9.17, 15) is 0 Å². The van der Waals surface area contributed by atoms with Gasteiger partial charge in [0, 0.05) is 21.6 Å². The fraction of sp³-hybridized carbons (Fsp3) is 0.400. The van der Waals surface area contributed by atoms with Crippen molar-refractivity contribution in [1.29, 1.82) is 0 Å². The molecule has 1 saturated heterocycles. The normalized spacial score (nSPS) is 17.3. The van der Waals surface area contributed by atoms with Crippen LogP contribution < -0.4 is 0 Å². The zero-order valence-corrected chi connectivity index (χ0v) is 15.0. The van der Waals surface area contributed by atoms with Crippen LogP contribution in [0, 0.1) is 0 Å². The fourth-order valence-corrected chi connectivity index (χ4v) is 4.12. The van der Waals surface area contributed by atoms with Crippen molar-refractivity contribution in [2.75, 3.05) is 20.1 Å². The van der Waals surface area contributed by atoms with Crippen molar-refractivity contribution in [1.82, 2.24) is 14.5 Å². The highest BCUT2D eigenvalue weighted by Crippen LogP contribution is 2.37. The van der Waals surface area contributed by atoms with Gasteiger partial charge in [0.2, 0.25) is 0 Å². The van der Waals surface area contributed by atoms with Gasteiger partial charge in [-0.05, 0) is 61.0 Å². The van der Waals surface area contributed by atoms with Gasteiger partial charge in [-0.1, -0.05) is 29.4 Å². The van der Waals surface area contributed by atoms with Crippen molar-refractivity contribution in [2.24, 2.45) is 0 Å². The first-order chi connectivity index (χ1) is 10.1. The van der Waals surface area contributed by atoms with Gasteiger partial charge in [0.05, 0.1) is 11.3 Å².